The second-order valence-corrected chi connectivity index (χ2v) is 4.86. The van der Waals surface area contributed by atoms with E-state index in [2.05, 4.69) is 4.98 Å². The molecule has 1 heterocycles. The fraction of sp³-hybridized carbons (Fsp3) is 0.700. The molecule has 2 N–H and O–H groups in total. The summed E-state index contributed by atoms with van der Waals surface area (Å²) in [5.74, 6) is 0. The Kier molecular flexibility index (Phi) is 2.85. The maximum Gasteiger partial charge on any atom is 0.125 e. The maximum absolute atomic E-state index is 5.65. The van der Waals surface area contributed by atoms with Crippen LogP contribution in [0.1, 0.15) is 35.6 Å². The molecule has 3 nitrogen and oxygen atoms in total. The van der Waals surface area contributed by atoms with Crippen molar-refractivity contribution in [1.29, 1.82) is 0 Å². The molecule has 0 radical (unpaired) electrons. The summed E-state index contributed by atoms with van der Waals surface area (Å²) in [6.45, 7) is 0.581. The van der Waals surface area contributed by atoms with Crippen LogP contribution in [-0.2, 0) is 16.9 Å². The fourth-order valence-electron chi connectivity index (χ4n) is 2.06. The van der Waals surface area contributed by atoms with E-state index in [0.717, 1.165) is 22.7 Å². The van der Waals surface area contributed by atoms with Gasteiger partial charge in [0.05, 0.1) is 0 Å². The smallest absolute Gasteiger partial charge is 0.125 e. The van der Waals surface area contributed by atoms with E-state index in [1.54, 1.807) is 18.4 Å². The van der Waals surface area contributed by atoms with Crippen LogP contribution < -0.4 is 5.73 Å². The highest BCUT2D eigenvalue weighted by Gasteiger charge is 2.38. The van der Waals surface area contributed by atoms with Crippen LogP contribution in [0.15, 0.2) is 6.20 Å². The molecule has 78 valence electrons. The van der Waals surface area contributed by atoms with Gasteiger partial charge in [0.2, 0.25) is 0 Å². The molecule has 0 aromatic carbocycles. The van der Waals surface area contributed by atoms with E-state index in [-0.39, 0.29) is 5.60 Å². The van der Waals surface area contributed by atoms with Gasteiger partial charge in [-0.25, -0.2) is 4.98 Å². The number of aromatic nitrogens is 1. The highest BCUT2D eigenvalue weighted by atomic mass is 32.1. The Morgan fingerprint density at radius 1 is 1.57 bits per heavy atom. The van der Waals surface area contributed by atoms with Gasteiger partial charge in [-0.3, -0.25) is 0 Å². The number of ether oxygens (including phenoxy) is 1. The van der Waals surface area contributed by atoms with Crippen LogP contribution in [0, 0.1) is 0 Å². The van der Waals surface area contributed by atoms with Crippen molar-refractivity contribution < 1.29 is 4.74 Å². The summed E-state index contributed by atoms with van der Waals surface area (Å²) < 4.78 is 5.65. The molecule has 0 amide bonds. The molecule has 0 saturated heterocycles. The van der Waals surface area contributed by atoms with Crippen LogP contribution in [0.3, 0.4) is 0 Å². The van der Waals surface area contributed by atoms with Gasteiger partial charge in [-0.15, -0.1) is 11.3 Å². The lowest BCUT2D eigenvalue weighted by atomic mass is 10.0. The van der Waals surface area contributed by atoms with Gasteiger partial charge >= 0.3 is 0 Å². The summed E-state index contributed by atoms with van der Waals surface area (Å²) in [4.78, 5) is 5.57. The normalized spacial score (nSPS) is 20.1. The first-order valence-corrected chi connectivity index (χ1v) is 5.83. The molecule has 4 heteroatoms. The Morgan fingerprint density at radius 3 is 2.79 bits per heavy atom. The van der Waals surface area contributed by atoms with Crippen molar-refractivity contribution >= 4 is 11.3 Å². The quantitative estimate of drug-likeness (QED) is 0.834. The van der Waals surface area contributed by atoms with Crippen molar-refractivity contribution in [2.24, 2.45) is 5.73 Å². The fourth-order valence-corrected chi connectivity index (χ4v) is 3.08. The van der Waals surface area contributed by atoms with Gasteiger partial charge in [-0.1, -0.05) is 12.8 Å². The van der Waals surface area contributed by atoms with Gasteiger partial charge in [0.25, 0.3) is 0 Å². The lowest BCUT2D eigenvalue weighted by molar-refractivity contribution is -0.00885. The molecule has 0 spiro atoms. The van der Waals surface area contributed by atoms with Crippen LogP contribution in [-0.4, -0.2) is 12.1 Å². The maximum atomic E-state index is 5.65. The number of thiazole rings is 1. The first-order chi connectivity index (χ1) is 6.80. The van der Waals surface area contributed by atoms with Gasteiger partial charge in [0.1, 0.15) is 10.6 Å². The zero-order valence-electron chi connectivity index (χ0n) is 8.45. The zero-order chi connectivity index (χ0) is 10.0. The van der Waals surface area contributed by atoms with E-state index >= 15 is 0 Å². The summed E-state index contributed by atoms with van der Waals surface area (Å²) in [6, 6.07) is 0. The lowest BCUT2D eigenvalue weighted by Crippen LogP contribution is -2.23. The molecule has 14 heavy (non-hydrogen) atoms. The standard InChI is InChI=1S/C10H16N2OS/c1-13-10(4-2-3-5-10)9-12-7-8(6-11)14-9/h7H,2-6,11H2,1H3. The van der Waals surface area contributed by atoms with Gasteiger partial charge in [0.15, 0.2) is 0 Å². The van der Waals surface area contributed by atoms with Gasteiger partial charge in [-0.05, 0) is 12.8 Å². The van der Waals surface area contributed by atoms with Crippen molar-refractivity contribution in [1.82, 2.24) is 4.98 Å². The minimum atomic E-state index is -0.0991. The monoisotopic (exact) mass is 212 g/mol. The molecular formula is C10H16N2OS. The summed E-state index contributed by atoms with van der Waals surface area (Å²) in [6.07, 6.45) is 6.55. The molecule has 0 atom stereocenters. The average Bonchev–Trinajstić information content (AvgIpc) is 2.87. The van der Waals surface area contributed by atoms with Crippen molar-refractivity contribution in [3.8, 4) is 0 Å². The molecular weight excluding hydrogens is 196 g/mol. The summed E-state index contributed by atoms with van der Waals surface area (Å²) >= 11 is 1.69. The van der Waals surface area contributed by atoms with E-state index in [0.29, 0.717) is 6.54 Å². The Balaban J connectivity index is 2.26. The molecule has 1 fully saturated rings. The third kappa shape index (κ3) is 1.58. The zero-order valence-corrected chi connectivity index (χ0v) is 9.27. The van der Waals surface area contributed by atoms with Gasteiger partial charge < -0.3 is 10.5 Å². The number of hydrogen-bond donors (Lipinski definition) is 1. The number of nitrogens with two attached hydrogens (primary N) is 1. The average molecular weight is 212 g/mol. The minimum Gasteiger partial charge on any atom is -0.371 e. The van der Waals surface area contributed by atoms with Gasteiger partial charge in [-0.2, -0.15) is 0 Å². The van der Waals surface area contributed by atoms with E-state index in [1.807, 2.05) is 6.20 Å². The van der Waals surface area contributed by atoms with Crippen molar-refractivity contribution in [2.45, 2.75) is 37.8 Å². The Bertz CT molecular complexity index is 305. The SMILES string of the molecule is COC1(c2ncc(CN)s2)CCCC1. The van der Waals surface area contributed by atoms with Crippen LogP contribution in [0.2, 0.25) is 0 Å². The number of rotatable bonds is 3. The Hall–Kier alpha value is -0.450. The highest BCUT2D eigenvalue weighted by Crippen LogP contribution is 2.42. The minimum absolute atomic E-state index is 0.0991. The molecule has 0 unspecified atom stereocenters. The first-order valence-electron chi connectivity index (χ1n) is 5.01. The van der Waals surface area contributed by atoms with E-state index in [9.17, 15) is 0 Å². The van der Waals surface area contributed by atoms with E-state index < -0.39 is 0 Å². The largest absolute Gasteiger partial charge is 0.371 e. The van der Waals surface area contributed by atoms with E-state index in [1.165, 1.54) is 12.8 Å². The van der Waals surface area contributed by atoms with Crippen LogP contribution in [0.4, 0.5) is 0 Å². The van der Waals surface area contributed by atoms with Crippen molar-refractivity contribution in [3.63, 3.8) is 0 Å². The van der Waals surface area contributed by atoms with Crippen LogP contribution in [0.25, 0.3) is 0 Å². The number of nitrogens with zero attached hydrogens (tertiary/aromatic N) is 1. The molecule has 0 bridgehead atoms. The number of methoxy groups -OCH3 is 1. The Labute approximate surface area is 88.3 Å². The van der Waals surface area contributed by atoms with Crippen LogP contribution in [0.5, 0.6) is 0 Å². The molecule has 0 aliphatic heterocycles. The molecule has 2 rings (SSSR count). The second-order valence-electron chi connectivity index (χ2n) is 3.74. The van der Waals surface area contributed by atoms with Crippen molar-refractivity contribution in [3.05, 3.63) is 16.1 Å². The van der Waals surface area contributed by atoms with E-state index in [4.69, 9.17) is 10.5 Å². The molecule has 1 saturated carbocycles. The summed E-state index contributed by atoms with van der Waals surface area (Å²) in [5.41, 5.74) is 5.48. The summed E-state index contributed by atoms with van der Waals surface area (Å²) in [7, 11) is 1.79. The predicted molar refractivity (Wildman–Crippen MR) is 57.2 cm³/mol. The first kappa shape index (κ1) is 10.1. The van der Waals surface area contributed by atoms with Crippen molar-refractivity contribution in [2.75, 3.05) is 7.11 Å². The third-order valence-electron chi connectivity index (χ3n) is 2.95. The lowest BCUT2D eigenvalue weighted by Gasteiger charge is -2.24. The van der Waals surface area contributed by atoms with Crippen LogP contribution >= 0.6 is 11.3 Å². The molecule has 1 aromatic rings. The Morgan fingerprint density at radius 2 is 2.29 bits per heavy atom. The second kappa shape index (κ2) is 3.96. The number of hydrogen-bond acceptors (Lipinski definition) is 4. The molecule has 1 aliphatic rings. The highest BCUT2D eigenvalue weighted by molar-refractivity contribution is 7.11. The predicted octanol–water partition coefficient (Wildman–Crippen LogP) is 2.02. The molecule has 1 aliphatic carbocycles. The summed E-state index contributed by atoms with van der Waals surface area (Å²) in [5, 5.41) is 1.11. The third-order valence-corrected chi connectivity index (χ3v) is 4.15. The van der Waals surface area contributed by atoms with Gasteiger partial charge in [0, 0.05) is 24.7 Å². The molecule has 1 aromatic heterocycles. The topological polar surface area (TPSA) is 48.1 Å².